The Morgan fingerprint density at radius 2 is 2.05 bits per heavy atom. The van der Waals surface area contributed by atoms with Crippen molar-refractivity contribution >= 4 is 16.0 Å². The van der Waals surface area contributed by atoms with Crippen LogP contribution in [0, 0.1) is 5.92 Å². The number of hydrogen-bond acceptors (Lipinski definition) is 4. The highest BCUT2D eigenvalue weighted by atomic mass is 32.2. The van der Waals surface area contributed by atoms with Crippen LogP contribution < -0.4 is 4.72 Å². The van der Waals surface area contributed by atoms with Crippen molar-refractivity contribution in [2.24, 2.45) is 5.92 Å². The van der Waals surface area contributed by atoms with Crippen LogP contribution in [0.1, 0.15) is 26.0 Å². The Bertz CT molecular complexity index is 646. The fraction of sp³-hybridized carbons (Fsp3) is 0.500. The molecule has 0 radical (unpaired) electrons. The molecule has 0 saturated heterocycles. The van der Waals surface area contributed by atoms with Gasteiger partial charge < -0.3 is 5.11 Å². The molecule has 0 spiro atoms. The fourth-order valence-electron chi connectivity index (χ4n) is 1.70. The number of sulfonamides is 1. The Balaban J connectivity index is 3.29. The number of halogens is 3. The first kappa shape index (κ1) is 18.4. The lowest BCUT2D eigenvalue weighted by atomic mass is 10.0. The zero-order valence-corrected chi connectivity index (χ0v) is 12.6. The zero-order chi connectivity index (χ0) is 17.1. The van der Waals surface area contributed by atoms with E-state index in [1.165, 1.54) is 6.92 Å². The van der Waals surface area contributed by atoms with Crippen LogP contribution in [0.3, 0.4) is 0 Å². The Kier molecular flexibility index (Phi) is 5.52. The largest absolute Gasteiger partial charge is 0.480 e. The van der Waals surface area contributed by atoms with Crippen molar-refractivity contribution in [3.05, 3.63) is 24.0 Å². The lowest BCUT2D eigenvalue weighted by Gasteiger charge is -2.21. The first-order valence-corrected chi connectivity index (χ1v) is 7.76. The van der Waals surface area contributed by atoms with Crippen LogP contribution in [0.5, 0.6) is 0 Å². The van der Waals surface area contributed by atoms with E-state index >= 15 is 0 Å². The maximum Gasteiger partial charge on any atom is 0.434 e. The summed E-state index contributed by atoms with van der Waals surface area (Å²) in [6.45, 7) is 3.12. The molecule has 0 aliphatic heterocycles. The van der Waals surface area contributed by atoms with E-state index in [2.05, 4.69) is 4.98 Å². The summed E-state index contributed by atoms with van der Waals surface area (Å²) in [6.07, 6.45) is -3.83. The van der Waals surface area contributed by atoms with Crippen LogP contribution in [0.25, 0.3) is 0 Å². The summed E-state index contributed by atoms with van der Waals surface area (Å²) in [5.41, 5.74) is -1.59. The van der Waals surface area contributed by atoms with Crippen LogP contribution >= 0.6 is 0 Å². The molecule has 1 rings (SSSR count). The normalized spacial score (nSPS) is 15.3. The lowest BCUT2D eigenvalue weighted by molar-refractivity contribution is -0.143. The average molecular weight is 340 g/mol. The summed E-state index contributed by atoms with van der Waals surface area (Å²) < 4.78 is 64.5. The van der Waals surface area contributed by atoms with Gasteiger partial charge in [0.2, 0.25) is 10.0 Å². The highest BCUT2D eigenvalue weighted by molar-refractivity contribution is 7.89. The van der Waals surface area contributed by atoms with Gasteiger partial charge in [-0.1, -0.05) is 20.3 Å². The van der Waals surface area contributed by atoms with Crippen molar-refractivity contribution in [3.8, 4) is 0 Å². The van der Waals surface area contributed by atoms with Crippen molar-refractivity contribution in [1.82, 2.24) is 9.71 Å². The van der Waals surface area contributed by atoms with Gasteiger partial charge in [-0.15, -0.1) is 0 Å². The maximum atomic E-state index is 12.8. The summed E-state index contributed by atoms with van der Waals surface area (Å²) in [7, 11) is -4.69. The second-order valence-corrected chi connectivity index (χ2v) is 6.35. The maximum absolute atomic E-state index is 12.8. The molecular weight excluding hydrogens is 325 g/mol. The number of aliphatic carboxylic acids is 1. The summed E-state index contributed by atoms with van der Waals surface area (Å²) >= 11 is 0. The molecule has 1 aromatic rings. The van der Waals surface area contributed by atoms with Gasteiger partial charge in [0.1, 0.15) is 10.9 Å². The predicted molar refractivity (Wildman–Crippen MR) is 70.4 cm³/mol. The number of carboxylic acid groups (broad SMARTS) is 1. The molecule has 1 aromatic heterocycles. The highest BCUT2D eigenvalue weighted by Crippen LogP contribution is 2.32. The standard InChI is InChI=1S/C12H15F3N2O4S/c1-3-7(2)9(11(18)19)17-22(20,21)8-5-4-6-16-10(8)12(13,14)15/h4-7,9,17H,3H2,1-2H3,(H,18,19)/t7-,9-/m0/s1. The summed E-state index contributed by atoms with van der Waals surface area (Å²) in [5, 5.41) is 9.05. The molecule has 1 heterocycles. The van der Waals surface area contributed by atoms with E-state index in [0.29, 0.717) is 6.42 Å². The molecule has 0 aliphatic carbocycles. The molecule has 10 heteroatoms. The monoisotopic (exact) mass is 340 g/mol. The van der Waals surface area contributed by atoms with Crippen molar-refractivity contribution in [2.45, 2.75) is 37.4 Å². The second-order valence-electron chi connectivity index (χ2n) is 4.67. The Morgan fingerprint density at radius 1 is 1.45 bits per heavy atom. The third kappa shape index (κ3) is 4.17. The molecular formula is C12H15F3N2O4S. The van der Waals surface area contributed by atoms with Gasteiger partial charge in [0.25, 0.3) is 0 Å². The van der Waals surface area contributed by atoms with Crippen LogP contribution in [0.4, 0.5) is 13.2 Å². The molecule has 0 aliphatic rings. The molecule has 22 heavy (non-hydrogen) atoms. The molecule has 0 saturated carbocycles. The van der Waals surface area contributed by atoms with E-state index in [-0.39, 0.29) is 0 Å². The summed E-state index contributed by atoms with van der Waals surface area (Å²) in [4.78, 5) is 13.1. The molecule has 2 atom stereocenters. The van der Waals surface area contributed by atoms with Crippen LogP contribution in [-0.2, 0) is 21.0 Å². The Hall–Kier alpha value is -1.68. The molecule has 0 aromatic carbocycles. The molecule has 0 fully saturated rings. The number of carbonyl (C=O) groups is 1. The third-order valence-electron chi connectivity index (χ3n) is 3.09. The third-order valence-corrected chi connectivity index (χ3v) is 4.56. The van der Waals surface area contributed by atoms with E-state index in [1.807, 2.05) is 0 Å². The second kappa shape index (κ2) is 6.61. The number of rotatable bonds is 6. The van der Waals surface area contributed by atoms with E-state index < -0.39 is 44.7 Å². The van der Waals surface area contributed by atoms with Crippen LogP contribution in [0.15, 0.2) is 23.2 Å². The van der Waals surface area contributed by atoms with Gasteiger partial charge in [-0.2, -0.15) is 17.9 Å². The number of aromatic nitrogens is 1. The average Bonchev–Trinajstić information content (AvgIpc) is 2.43. The number of hydrogen-bond donors (Lipinski definition) is 2. The van der Waals surface area contributed by atoms with E-state index in [4.69, 9.17) is 5.11 Å². The summed E-state index contributed by atoms with van der Waals surface area (Å²) in [5.74, 6) is -2.06. The minimum atomic E-state index is -4.97. The van der Waals surface area contributed by atoms with Gasteiger partial charge >= 0.3 is 12.1 Å². The molecule has 0 amide bonds. The first-order valence-electron chi connectivity index (χ1n) is 6.28. The number of nitrogens with zero attached hydrogens (tertiary/aromatic N) is 1. The van der Waals surface area contributed by atoms with Gasteiger partial charge in [-0.05, 0) is 18.1 Å². The Labute approximate surface area is 125 Å². The van der Waals surface area contributed by atoms with Crippen molar-refractivity contribution in [3.63, 3.8) is 0 Å². The smallest absolute Gasteiger partial charge is 0.434 e. The topological polar surface area (TPSA) is 96.4 Å². The number of pyridine rings is 1. The number of nitrogens with one attached hydrogen (secondary N) is 1. The zero-order valence-electron chi connectivity index (χ0n) is 11.8. The van der Waals surface area contributed by atoms with E-state index in [0.717, 1.165) is 18.3 Å². The van der Waals surface area contributed by atoms with Gasteiger partial charge in [0.05, 0.1) is 0 Å². The van der Waals surface area contributed by atoms with Gasteiger partial charge in [0, 0.05) is 6.20 Å². The fourth-order valence-corrected chi connectivity index (χ4v) is 3.17. The minimum Gasteiger partial charge on any atom is -0.480 e. The van der Waals surface area contributed by atoms with Crippen molar-refractivity contribution in [2.75, 3.05) is 0 Å². The van der Waals surface area contributed by atoms with Crippen LogP contribution in [-0.4, -0.2) is 30.5 Å². The first-order chi connectivity index (χ1) is 10.0. The predicted octanol–water partition coefficient (Wildman–Crippen LogP) is 1.88. The van der Waals surface area contributed by atoms with Gasteiger partial charge in [-0.25, -0.2) is 8.42 Å². The van der Waals surface area contributed by atoms with E-state index in [1.54, 1.807) is 11.6 Å². The quantitative estimate of drug-likeness (QED) is 0.824. The van der Waals surface area contributed by atoms with Gasteiger partial charge in [-0.3, -0.25) is 9.78 Å². The van der Waals surface area contributed by atoms with Crippen molar-refractivity contribution in [1.29, 1.82) is 0 Å². The number of alkyl halides is 3. The van der Waals surface area contributed by atoms with Gasteiger partial charge in [0.15, 0.2) is 5.69 Å². The van der Waals surface area contributed by atoms with E-state index in [9.17, 15) is 26.4 Å². The van der Waals surface area contributed by atoms with Crippen LogP contribution in [0.2, 0.25) is 0 Å². The lowest BCUT2D eigenvalue weighted by Crippen LogP contribution is -2.45. The molecule has 0 unspecified atom stereocenters. The minimum absolute atomic E-state index is 0.332. The van der Waals surface area contributed by atoms with Crippen molar-refractivity contribution < 1.29 is 31.5 Å². The molecule has 124 valence electrons. The SMILES string of the molecule is CC[C@H](C)[C@H](NS(=O)(=O)c1cccnc1C(F)(F)F)C(=O)O. The molecule has 0 bridgehead atoms. The Morgan fingerprint density at radius 3 is 2.50 bits per heavy atom. The number of carboxylic acids is 1. The summed E-state index contributed by atoms with van der Waals surface area (Å²) in [6, 6.07) is 0.229. The highest BCUT2D eigenvalue weighted by Gasteiger charge is 2.40. The molecule has 2 N–H and O–H groups in total. The molecule has 6 nitrogen and oxygen atoms in total.